The first kappa shape index (κ1) is 27.1. The zero-order valence-corrected chi connectivity index (χ0v) is 26.8. The molecule has 0 unspecified atom stereocenters. The molecule has 0 N–H and O–H groups in total. The van der Waals surface area contributed by atoms with Crippen LogP contribution in [0.5, 0.6) is 0 Å². The summed E-state index contributed by atoms with van der Waals surface area (Å²) in [6.45, 7) is 0. The van der Waals surface area contributed by atoms with Crippen molar-refractivity contribution in [3.8, 4) is 39.9 Å². The van der Waals surface area contributed by atoms with Crippen LogP contribution in [-0.4, -0.2) is 23.9 Å². The predicted molar refractivity (Wildman–Crippen MR) is 205 cm³/mol. The maximum atomic E-state index is 5.21. The van der Waals surface area contributed by atoms with Crippen LogP contribution >= 0.6 is 0 Å². The zero-order chi connectivity index (χ0) is 32.8. The van der Waals surface area contributed by atoms with Crippen LogP contribution in [0.15, 0.2) is 164 Å². The van der Waals surface area contributed by atoms with Crippen molar-refractivity contribution in [2.24, 2.45) is 0 Å². The molecule has 0 bridgehead atoms. The van der Waals surface area contributed by atoms with Crippen molar-refractivity contribution in [1.29, 1.82) is 0 Å². The second-order valence-corrected chi connectivity index (χ2v) is 12.9. The lowest BCUT2D eigenvalue weighted by molar-refractivity contribution is 0.953. The first-order valence-corrected chi connectivity index (χ1v) is 16.9. The van der Waals surface area contributed by atoms with E-state index in [4.69, 9.17) is 15.0 Å². The molecule has 0 fully saturated rings. The smallest absolute Gasteiger partial charge is 0.238 e. The van der Waals surface area contributed by atoms with Gasteiger partial charge < -0.3 is 4.40 Å². The summed E-state index contributed by atoms with van der Waals surface area (Å²) in [5.74, 6) is 1.86. The third-order valence-electron chi connectivity index (χ3n) is 10.1. The summed E-state index contributed by atoms with van der Waals surface area (Å²) in [6, 6.07) is 57.7. The van der Waals surface area contributed by atoms with Crippen LogP contribution in [0.25, 0.3) is 99.8 Å². The normalized spacial score (nSPS) is 12.0. The molecular formula is C45H27N5. The summed E-state index contributed by atoms with van der Waals surface area (Å²) in [6.07, 6.45) is 0. The molecule has 0 amide bonds. The Hall–Kier alpha value is -6.85. The van der Waals surface area contributed by atoms with Gasteiger partial charge in [-0.25, -0.2) is 4.98 Å². The highest BCUT2D eigenvalue weighted by atomic mass is 15.2. The molecule has 0 aliphatic rings. The molecule has 4 heterocycles. The molecule has 5 nitrogen and oxygen atoms in total. The first-order valence-electron chi connectivity index (χ1n) is 16.9. The summed E-state index contributed by atoms with van der Waals surface area (Å²) in [5, 5.41) is 7.39. The van der Waals surface area contributed by atoms with Crippen molar-refractivity contribution in [2.45, 2.75) is 0 Å². The van der Waals surface area contributed by atoms with Gasteiger partial charge >= 0.3 is 0 Å². The maximum Gasteiger partial charge on any atom is 0.238 e. The second kappa shape index (κ2) is 10.3. The standard InChI is InChI=1S/C45H27N5/c1-2-13-28(14-3-1)43-46-44(48-45(47-43)50-38-22-9-4-17-32(38)33-18-5-10-23-39(33)50)30-16-12-15-29(27-30)31-25-26-35-34-19-6-8-21-37(34)49-40-24-11-7-20-36(40)41(31)42(35)49/h1-27H. The lowest BCUT2D eigenvalue weighted by atomic mass is 9.96. The van der Waals surface area contributed by atoms with Gasteiger partial charge in [-0.2, -0.15) is 9.97 Å². The zero-order valence-electron chi connectivity index (χ0n) is 26.8. The number of fused-ring (bicyclic) bond motifs is 9. The van der Waals surface area contributed by atoms with Gasteiger partial charge in [0.05, 0.1) is 27.6 Å². The highest BCUT2D eigenvalue weighted by Gasteiger charge is 2.21. The fourth-order valence-electron chi connectivity index (χ4n) is 7.98. The van der Waals surface area contributed by atoms with Gasteiger partial charge in [-0.1, -0.05) is 133 Å². The van der Waals surface area contributed by atoms with Crippen LogP contribution in [0.1, 0.15) is 0 Å². The van der Waals surface area contributed by atoms with E-state index in [1.807, 2.05) is 18.2 Å². The Morgan fingerprint density at radius 3 is 1.58 bits per heavy atom. The number of hydrogen-bond acceptors (Lipinski definition) is 3. The van der Waals surface area contributed by atoms with Gasteiger partial charge in [-0.15, -0.1) is 0 Å². The van der Waals surface area contributed by atoms with E-state index in [0.717, 1.165) is 27.7 Å². The molecule has 0 atom stereocenters. The lowest BCUT2D eigenvalue weighted by Gasteiger charge is -2.12. The van der Waals surface area contributed by atoms with E-state index >= 15 is 0 Å². The minimum absolute atomic E-state index is 0.593. The molecule has 11 rings (SSSR count). The fourth-order valence-corrected chi connectivity index (χ4v) is 7.98. The van der Waals surface area contributed by atoms with Crippen LogP contribution in [0.3, 0.4) is 0 Å². The lowest BCUT2D eigenvalue weighted by Crippen LogP contribution is -2.06. The average molecular weight is 638 g/mol. The molecule has 5 heteroatoms. The van der Waals surface area contributed by atoms with Crippen LogP contribution in [0, 0.1) is 0 Å². The highest BCUT2D eigenvalue weighted by Crippen LogP contribution is 2.44. The number of nitrogens with zero attached hydrogens (tertiary/aromatic N) is 5. The Kier molecular flexibility index (Phi) is 5.60. The summed E-state index contributed by atoms with van der Waals surface area (Å²) in [7, 11) is 0. The Bertz CT molecular complexity index is 3040. The SMILES string of the molecule is c1ccc(-c2nc(-c3cccc(-c4ccc5c6ccccc6n6c7ccccc7c4c56)c3)nc(-n3c4ccccc4c4ccccc43)n2)cc1. The van der Waals surface area contributed by atoms with E-state index < -0.39 is 0 Å². The third-order valence-corrected chi connectivity index (χ3v) is 10.1. The number of rotatable bonds is 4. The molecule has 0 saturated carbocycles. The van der Waals surface area contributed by atoms with Gasteiger partial charge in [0.15, 0.2) is 11.6 Å². The average Bonchev–Trinajstić information content (AvgIpc) is 3.83. The monoisotopic (exact) mass is 637 g/mol. The maximum absolute atomic E-state index is 5.21. The highest BCUT2D eigenvalue weighted by molar-refractivity contribution is 6.27. The summed E-state index contributed by atoms with van der Waals surface area (Å²) >= 11 is 0. The van der Waals surface area contributed by atoms with E-state index in [0.29, 0.717) is 17.6 Å². The van der Waals surface area contributed by atoms with Gasteiger partial charge in [0.2, 0.25) is 5.95 Å². The molecule has 11 aromatic rings. The molecule has 7 aromatic carbocycles. The molecule has 4 aromatic heterocycles. The van der Waals surface area contributed by atoms with E-state index in [2.05, 4.69) is 155 Å². The van der Waals surface area contributed by atoms with Crippen molar-refractivity contribution >= 4 is 59.9 Å². The summed E-state index contributed by atoms with van der Waals surface area (Å²) in [4.78, 5) is 15.4. The molecule has 0 saturated heterocycles. The van der Waals surface area contributed by atoms with Crippen molar-refractivity contribution in [3.63, 3.8) is 0 Å². The quantitative estimate of drug-likeness (QED) is 0.193. The van der Waals surface area contributed by atoms with E-state index in [1.54, 1.807) is 0 Å². The fraction of sp³-hybridized carbons (Fsp3) is 0. The topological polar surface area (TPSA) is 48.0 Å². The molecule has 0 aliphatic heterocycles. The minimum Gasteiger partial charge on any atom is -0.308 e. The van der Waals surface area contributed by atoms with Crippen molar-refractivity contribution < 1.29 is 0 Å². The molecule has 0 aliphatic carbocycles. The number of aromatic nitrogens is 5. The molecule has 0 spiro atoms. The molecule has 232 valence electrons. The van der Waals surface area contributed by atoms with E-state index in [9.17, 15) is 0 Å². The number of benzene rings is 7. The van der Waals surface area contributed by atoms with Gasteiger partial charge in [0.25, 0.3) is 0 Å². The first-order chi connectivity index (χ1) is 24.8. The Morgan fingerprint density at radius 1 is 0.360 bits per heavy atom. The van der Waals surface area contributed by atoms with Crippen LogP contribution in [0.2, 0.25) is 0 Å². The Morgan fingerprint density at radius 2 is 0.880 bits per heavy atom. The minimum atomic E-state index is 0.593. The summed E-state index contributed by atoms with van der Waals surface area (Å²) < 4.78 is 4.59. The summed E-state index contributed by atoms with van der Waals surface area (Å²) in [5.41, 5.74) is 10.0. The van der Waals surface area contributed by atoms with Crippen molar-refractivity contribution in [3.05, 3.63) is 164 Å². The van der Waals surface area contributed by atoms with Crippen LogP contribution in [0.4, 0.5) is 0 Å². The van der Waals surface area contributed by atoms with Gasteiger partial charge in [0, 0.05) is 43.4 Å². The Balaban J connectivity index is 1.16. The Labute approximate surface area is 286 Å². The second-order valence-electron chi connectivity index (χ2n) is 12.9. The number of hydrogen-bond donors (Lipinski definition) is 0. The predicted octanol–water partition coefficient (Wildman–Crippen LogP) is 11.1. The van der Waals surface area contributed by atoms with Crippen molar-refractivity contribution in [1.82, 2.24) is 23.9 Å². The van der Waals surface area contributed by atoms with Crippen LogP contribution in [-0.2, 0) is 0 Å². The third kappa shape index (κ3) is 3.80. The molecule has 50 heavy (non-hydrogen) atoms. The van der Waals surface area contributed by atoms with Crippen LogP contribution < -0.4 is 0 Å². The van der Waals surface area contributed by atoms with Crippen molar-refractivity contribution in [2.75, 3.05) is 0 Å². The van der Waals surface area contributed by atoms with Gasteiger partial charge in [0.1, 0.15) is 0 Å². The van der Waals surface area contributed by atoms with Gasteiger partial charge in [-0.3, -0.25) is 4.57 Å². The largest absolute Gasteiger partial charge is 0.308 e. The van der Waals surface area contributed by atoms with E-state index in [-0.39, 0.29) is 0 Å². The van der Waals surface area contributed by atoms with Gasteiger partial charge in [-0.05, 0) is 41.5 Å². The molecular weight excluding hydrogens is 611 g/mol. The van der Waals surface area contributed by atoms with E-state index in [1.165, 1.54) is 54.4 Å². The number of para-hydroxylation sites is 4. The molecule has 0 radical (unpaired) electrons.